The second-order valence-electron chi connectivity index (χ2n) is 8.03. The van der Waals surface area contributed by atoms with Crippen LogP contribution in [0, 0.1) is 24.7 Å². The Labute approximate surface area is 158 Å². The number of nitrogens with zero attached hydrogens (tertiary/aromatic N) is 1. The van der Waals surface area contributed by atoms with E-state index < -0.39 is 21.9 Å². The molecule has 0 aromatic heterocycles. The zero-order valence-electron chi connectivity index (χ0n) is 15.2. The van der Waals surface area contributed by atoms with E-state index in [1.165, 1.54) is 12.1 Å². The van der Waals surface area contributed by atoms with Gasteiger partial charge in [-0.15, -0.1) is 0 Å². The van der Waals surface area contributed by atoms with E-state index in [1.54, 1.807) is 17.9 Å². The van der Waals surface area contributed by atoms with Crippen LogP contribution in [0.1, 0.15) is 41.6 Å². The van der Waals surface area contributed by atoms with Crippen LogP contribution >= 0.6 is 0 Å². The van der Waals surface area contributed by atoms with Crippen molar-refractivity contribution >= 4 is 21.9 Å². The first-order valence-corrected chi connectivity index (χ1v) is 10.9. The van der Waals surface area contributed by atoms with Crippen LogP contribution in [0.5, 0.6) is 0 Å². The van der Waals surface area contributed by atoms with E-state index in [4.69, 9.17) is 0 Å². The van der Waals surface area contributed by atoms with Gasteiger partial charge in [0.15, 0.2) is 0 Å². The monoisotopic (exact) mass is 392 g/mol. The number of hydrogen-bond donors (Lipinski definition) is 2. The lowest BCUT2D eigenvalue weighted by Crippen LogP contribution is -2.31. The van der Waals surface area contributed by atoms with Crippen molar-refractivity contribution in [2.45, 2.75) is 43.5 Å². The van der Waals surface area contributed by atoms with E-state index in [2.05, 4.69) is 4.72 Å². The first-order chi connectivity index (χ1) is 12.8. The van der Waals surface area contributed by atoms with Gasteiger partial charge < -0.3 is 10.0 Å². The normalized spacial score (nSPS) is 25.6. The summed E-state index contributed by atoms with van der Waals surface area (Å²) in [6.45, 7) is 2.38. The highest BCUT2D eigenvalue weighted by atomic mass is 32.2. The summed E-state index contributed by atoms with van der Waals surface area (Å²) in [6, 6.07) is 4.55. The van der Waals surface area contributed by atoms with Crippen molar-refractivity contribution in [3.05, 3.63) is 29.3 Å². The van der Waals surface area contributed by atoms with Crippen LogP contribution in [0.2, 0.25) is 0 Å². The standard InChI is InChI=1S/C19H24N2O5S/c1-11-2-7-14(27(25,26)20-13-5-6-13)8-15(11)18(22)21-9-16(12-3-4-12)17(10-21)19(23)24/h2,7-8,12-13,16-17,20H,3-6,9-10H2,1H3,(H,23,24)/t16-,17+/m1/s1. The summed E-state index contributed by atoms with van der Waals surface area (Å²) in [6.07, 6.45) is 3.72. The van der Waals surface area contributed by atoms with Crippen molar-refractivity contribution in [2.24, 2.45) is 17.8 Å². The number of likely N-dealkylation sites (tertiary alicyclic amines) is 1. The highest BCUT2D eigenvalue weighted by molar-refractivity contribution is 7.89. The number of carboxylic acids is 1. The Kier molecular flexibility index (Phi) is 4.50. The molecule has 1 heterocycles. The van der Waals surface area contributed by atoms with Crippen LogP contribution in [0.3, 0.4) is 0 Å². The summed E-state index contributed by atoms with van der Waals surface area (Å²) < 4.78 is 27.6. The number of aliphatic carboxylic acids is 1. The molecule has 0 radical (unpaired) electrons. The number of amides is 1. The predicted molar refractivity (Wildman–Crippen MR) is 97.8 cm³/mol. The van der Waals surface area contributed by atoms with E-state index in [1.807, 2.05) is 0 Å². The van der Waals surface area contributed by atoms with Gasteiger partial charge in [-0.2, -0.15) is 0 Å². The van der Waals surface area contributed by atoms with E-state index in [9.17, 15) is 23.1 Å². The van der Waals surface area contributed by atoms with Crippen LogP contribution in [-0.2, 0) is 14.8 Å². The molecule has 2 aliphatic carbocycles. The molecule has 27 heavy (non-hydrogen) atoms. The average Bonchev–Trinajstić information content (AvgIpc) is 3.54. The number of sulfonamides is 1. The molecule has 0 spiro atoms. The topological polar surface area (TPSA) is 104 Å². The van der Waals surface area contributed by atoms with Gasteiger partial charge in [0.05, 0.1) is 10.8 Å². The lowest BCUT2D eigenvalue weighted by molar-refractivity contribution is -0.142. The maximum absolute atomic E-state index is 13.1. The Morgan fingerprint density at radius 2 is 1.85 bits per heavy atom. The number of benzene rings is 1. The molecule has 1 amide bonds. The van der Waals surface area contributed by atoms with Gasteiger partial charge in [0.1, 0.15) is 0 Å². The number of carboxylic acid groups (broad SMARTS) is 1. The summed E-state index contributed by atoms with van der Waals surface area (Å²) >= 11 is 0. The number of nitrogens with one attached hydrogen (secondary N) is 1. The summed E-state index contributed by atoms with van der Waals surface area (Å²) in [7, 11) is -3.65. The molecule has 0 bridgehead atoms. The van der Waals surface area contributed by atoms with Crippen LogP contribution < -0.4 is 4.72 Å². The molecule has 7 nitrogen and oxygen atoms in total. The third-order valence-corrected chi connectivity index (χ3v) is 7.36. The summed E-state index contributed by atoms with van der Waals surface area (Å²) in [4.78, 5) is 26.3. The summed E-state index contributed by atoms with van der Waals surface area (Å²) in [5.74, 6) is -1.30. The first kappa shape index (κ1) is 18.4. The van der Waals surface area contributed by atoms with Crippen molar-refractivity contribution in [1.82, 2.24) is 9.62 Å². The fraction of sp³-hybridized carbons (Fsp3) is 0.579. The molecular formula is C19H24N2O5S. The van der Waals surface area contributed by atoms with Crippen molar-refractivity contribution in [2.75, 3.05) is 13.1 Å². The smallest absolute Gasteiger partial charge is 0.308 e. The molecule has 3 fully saturated rings. The third-order valence-electron chi connectivity index (χ3n) is 5.85. The minimum atomic E-state index is -3.65. The van der Waals surface area contributed by atoms with Gasteiger partial charge in [-0.05, 0) is 62.1 Å². The van der Waals surface area contributed by atoms with Crippen molar-refractivity contribution in [3.8, 4) is 0 Å². The molecule has 1 aliphatic heterocycles. The molecule has 1 saturated heterocycles. The Morgan fingerprint density at radius 1 is 1.15 bits per heavy atom. The Balaban J connectivity index is 1.58. The fourth-order valence-electron chi connectivity index (χ4n) is 3.92. The number of hydrogen-bond acceptors (Lipinski definition) is 4. The second-order valence-corrected chi connectivity index (χ2v) is 9.74. The lowest BCUT2D eigenvalue weighted by Gasteiger charge is -2.18. The van der Waals surface area contributed by atoms with Gasteiger partial charge in [0, 0.05) is 24.7 Å². The molecule has 4 rings (SSSR count). The SMILES string of the molecule is Cc1ccc(S(=O)(=O)NC2CC2)cc1C(=O)N1C[C@H](C(=O)O)[C@@H](C2CC2)C1. The van der Waals surface area contributed by atoms with Gasteiger partial charge in [0.25, 0.3) is 5.91 Å². The van der Waals surface area contributed by atoms with E-state index in [0.29, 0.717) is 23.6 Å². The largest absolute Gasteiger partial charge is 0.481 e. The second kappa shape index (κ2) is 6.60. The van der Waals surface area contributed by atoms with E-state index in [0.717, 1.165) is 25.7 Å². The van der Waals surface area contributed by atoms with Crippen LogP contribution in [0.4, 0.5) is 0 Å². The van der Waals surface area contributed by atoms with Gasteiger partial charge in [-0.1, -0.05) is 6.07 Å². The molecule has 1 aromatic rings. The highest BCUT2D eigenvalue weighted by Gasteiger charge is 2.47. The quantitative estimate of drug-likeness (QED) is 0.766. The average molecular weight is 392 g/mol. The van der Waals surface area contributed by atoms with Crippen molar-refractivity contribution in [3.63, 3.8) is 0 Å². The molecule has 2 atom stereocenters. The van der Waals surface area contributed by atoms with Gasteiger partial charge >= 0.3 is 5.97 Å². The van der Waals surface area contributed by atoms with Crippen LogP contribution in [0.25, 0.3) is 0 Å². The Bertz CT molecular complexity index is 889. The van der Waals surface area contributed by atoms with Gasteiger partial charge in [0.2, 0.25) is 10.0 Å². The Hall–Kier alpha value is -1.93. The van der Waals surface area contributed by atoms with Crippen molar-refractivity contribution in [1.29, 1.82) is 0 Å². The van der Waals surface area contributed by atoms with E-state index in [-0.39, 0.29) is 29.3 Å². The molecule has 2 saturated carbocycles. The van der Waals surface area contributed by atoms with Gasteiger partial charge in [-0.25, -0.2) is 13.1 Å². The minimum absolute atomic E-state index is 0.00444. The maximum Gasteiger partial charge on any atom is 0.308 e. The fourth-order valence-corrected chi connectivity index (χ4v) is 5.25. The number of carbonyl (C=O) groups is 2. The maximum atomic E-state index is 13.1. The molecule has 146 valence electrons. The number of carbonyl (C=O) groups excluding carboxylic acids is 1. The third kappa shape index (κ3) is 3.73. The van der Waals surface area contributed by atoms with Crippen molar-refractivity contribution < 1.29 is 23.1 Å². The zero-order chi connectivity index (χ0) is 19.3. The zero-order valence-corrected chi connectivity index (χ0v) is 16.0. The highest BCUT2D eigenvalue weighted by Crippen LogP contribution is 2.44. The molecule has 1 aromatic carbocycles. The molecule has 0 unspecified atom stereocenters. The molecule has 2 N–H and O–H groups in total. The molecule has 8 heteroatoms. The minimum Gasteiger partial charge on any atom is -0.481 e. The predicted octanol–water partition coefficient (Wildman–Crippen LogP) is 1.62. The van der Waals surface area contributed by atoms with Crippen LogP contribution in [-0.4, -0.2) is 49.4 Å². The van der Waals surface area contributed by atoms with E-state index >= 15 is 0 Å². The first-order valence-electron chi connectivity index (χ1n) is 9.41. The summed E-state index contributed by atoms with van der Waals surface area (Å²) in [5.41, 5.74) is 1.02. The molecular weight excluding hydrogens is 368 g/mol. The molecule has 3 aliphatic rings. The number of aryl methyl sites for hydroxylation is 1. The lowest BCUT2D eigenvalue weighted by atomic mass is 9.92. The van der Waals surface area contributed by atoms with Gasteiger partial charge in [-0.3, -0.25) is 9.59 Å². The Morgan fingerprint density at radius 3 is 2.44 bits per heavy atom. The summed E-state index contributed by atoms with van der Waals surface area (Å²) in [5, 5.41) is 9.50. The number of rotatable bonds is 6. The van der Waals surface area contributed by atoms with Crippen LogP contribution in [0.15, 0.2) is 23.1 Å².